The summed E-state index contributed by atoms with van der Waals surface area (Å²) in [5.74, 6) is 4.05. The summed E-state index contributed by atoms with van der Waals surface area (Å²) < 4.78 is 12.0. The maximum atomic E-state index is 12.5. The number of rotatable bonds is 14. The maximum Gasteiger partial charge on any atom is 0.217 e. The van der Waals surface area contributed by atoms with Crippen LogP contribution in [0, 0.1) is 40.4 Å². The number of nitrogens with two attached hydrogens (primary N) is 2. The zero-order chi connectivity index (χ0) is 31.5. The molecule has 0 aromatic heterocycles. The lowest BCUT2D eigenvalue weighted by molar-refractivity contribution is -0.159. The number of carbonyl (C=O) groups is 3. The van der Waals surface area contributed by atoms with E-state index >= 15 is 0 Å². The molecule has 8 atom stereocenters. The van der Waals surface area contributed by atoms with E-state index in [1.807, 2.05) is 6.07 Å². The van der Waals surface area contributed by atoms with E-state index in [4.69, 9.17) is 20.9 Å². The highest BCUT2D eigenvalue weighted by Gasteiger charge is 2.62. The molecule has 244 valence electrons. The molecule has 4 aliphatic carbocycles. The van der Waals surface area contributed by atoms with Crippen LogP contribution >= 0.6 is 0 Å². The molecular weight excluding hydrogens is 556 g/mol. The Labute approximate surface area is 263 Å². The second kappa shape index (κ2) is 13.8. The van der Waals surface area contributed by atoms with E-state index in [1.165, 1.54) is 6.42 Å². The molecule has 4 fully saturated rings. The van der Waals surface area contributed by atoms with Crippen LogP contribution < -0.4 is 20.9 Å². The molecule has 0 bridgehead atoms. The lowest BCUT2D eigenvalue weighted by Gasteiger charge is -2.62. The van der Waals surface area contributed by atoms with Gasteiger partial charge in [-0.2, -0.15) is 0 Å². The van der Waals surface area contributed by atoms with Crippen LogP contribution in [0.1, 0.15) is 109 Å². The fraction of sp³-hybridized carbons (Fsp3) is 0.750. The minimum Gasteiger partial charge on any atom is -0.493 e. The Morgan fingerprint density at radius 3 is 2.20 bits per heavy atom. The number of Topliss-reactive ketones (excluding diaryl/α,β-unsaturated/α-hetero) is 1. The smallest absolute Gasteiger partial charge is 0.217 e. The highest BCUT2D eigenvalue weighted by molar-refractivity contribution is 5.79. The average Bonchev–Trinajstić information content (AvgIpc) is 3.27. The topological polar surface area (TPSA) is 142 Å². The third-order valence-electron chi connectivity index (χ3n) is 12.2. The van der Waals surface area contributed by atoms with Gasteiger partial charge in [-0.15, -0.1) is 0 Å². The molecule has 0 saturated heterocycles. The largest absolute Gasteiger partial charge is 0.493 e. The number of ether oxygens (including phenoxy) is 2. The predicted molar refractivity (Wildman–Crippen MR) is 169 cm³/mol. The van der Waals surface area contributed by atoms with Gasteiger partial charge in [0, 0.05) is 31.7 Å². The van der Waals surface area contributed by atoms with Gasteiger partial charge in [-0.1, -0.05) is 13.8 Å². The van der Waals surface area contributed by atoms with Crippen LogP contribution in [0.2, 0.25) is 0 Å². The molecule has 8 nitrogen and oxygen atoms in total. The van der Waals surface area contributed by atoms with Crippen molar-refractivity contribution in [2.24, 2.45) is 51.9 Å². The van der Waals surface area contributed by atoms with Crippen molar-refractivity contribution < 1.29 is 29.0 Å². The standard InChI is InChI=1S/C36H54N2O6/c1-35-15-14-26(39)20-25(35)10-11-29-30-12-13-31(40)36(30,2)22-24(34(29)35)7-3-6-23-18-27(43-16-4-8-32(37)41)21-28(19-23)44-17-5-9-33(38)42/h18-19,21,24-25,29-31,34,40H,3-17,20,22H2,1-2H3,(H2,37,41)(H2,38,42)/t24-,25?,29-,30-,31-,34-,35-,36-/m0/s1. The van der Waals surface area contributed by atoms with Crippen molar-refractivity contribution in [2.75, 3.05) is 13.2 Å². The Bertz CT molecular complexity index is 1160. The van der Waals surface area contributed by atoms with E-state index in [1.54, 1.807) is 0 Å². The second-order valence-corrected chi connectivity index (χ2v) is 14.9. The summed E-state index contributed by atoms with van der Waals surface area (Å²) in [4.78, 5) is 34.8. The fourth-order valence-corrected chi connectivity index (χ4v) is 10.1. The Balaban J connectivity index is 1.30. The molecular formula is C36H54N2O6. The molecule has 1 aromatic rings. The summed E-state index contributed by atoms with van der Waals surface area (Å²) >= 11 is 0. The van der Waals surface area contributed by atoms with Gasteiger partial charge >= 0.3 is 0 Å². The Hall–Kier alpha value is -2.61. The summed E-state index contributed by atoms with van der Waals surface area (Å²) in [6.07, 6.45) is 12.5. The van der Waals surface area contributed by atoms with Crippen molar-refractivity contribution >= 4 is 17.6 Å². The van der Waals surface area contributed by atoms with Crippen LogP contribution in [0.4, 0.5) is 0 Å². The van der Waals surface area contributed by atoms with Crippen LogP contribution in [-0.2, 0) is 20.8 Å². The van der Waals surface area contributed by atoms with Gasteiger partial charge in [0.1, 0.15) is 17.3 Å². The zero-order valence-corrected chi connectivity index (χ0v) is 26.9. The number of amides is 2. The van der Waals surface area contributed by atoms with E-state index in [9.17, 15) is 19.5 Å². The van der Waals surface area contributed by atoms with Crippen molar-refractivity contribution in [3.8, 4) is 11.5 Å². The van der Waals surface area contributed by atoms with Crippen molar-refractivity contribution in [3.63, 3.8) is 0 Å². The summed E-state index contributed by atoms with van der Waals surface area (Å²) in [7, 11) is 0. The van der Waals surface area contributed by atoms with Gasteiger partial charge in [-0.3, -0.25) is 14.4 Å². The molecule has 44 heavy (non-hydrogen) atoms. The number of aryl methyl sites for hydroxylation is 1. The van der Waals surface area contributed by atoms with E-state index in [0.717, 1.165) is 69.8 Å². The number of primary amides is 2. The molecule has 8 heteroatoms. The van der Waals surface area contributed by atoms with Crippen molar-refractivity contribution in [1.82, 2.24) is 0 Å². The van der Waals surface area contributed by atoms with Crippen molar-refractivity contribution in [2.45, 2.75) is 116 Å². The quantitative estimate of drug-likeness (QED) is 0.238. The van der Waals surface area contributed by atoms with Gasteiger partial charge in [-0.05, 0) is 129 Å². The summed E-state index contributed by atoms with van der Waals surface area (Å²) in [5, 5.41) is 11.2. The summed E-state index contributed by atoms with van der Waals surface area (Å²) in [5.41, 5.74) is 11.9. The van der Waals surface area contributed by atoms with Crippen LogP contribution in [-0.4, -0.2) is 42.0 Å². The number of fused-ring (bicyclic) bond motifs is 5. The van der Waals surface area contributed by atoms with Crippen molar-refractivity contribution in [1.29, 1.82) is 0 Å². The maximum absolute atomic E-state index is 12.5. The average molecular weight is 611 g/mol. The van der Waals surface area contributed by atoms with Gasteiger partial charge in [0.15, 0.2) is 0 Å². The second-order valence-electron chi connectivity index (χ2n) is 14.9. The van der Waals surface area contributed by atoms with Crippen LogP contribution in [0.5, 0.6) is 11.5 Å². The summed E-state index contributed by atoms with van der Waals surface area (Å²) in [6.45, 7) is 5.65. The lowest BCUT2D eigenvalue weighted by Crippen LogP contribution is -2.57. The molecule has 1 unspecified atom stereocenters. The minimum atomic E-state index is -0.339. The molecule has 2 amide bonds. The third kappa shape index (κ3) is 7.11. The molecule has 0 aliphatic heterocycles. The predicted octanol–water partition coefficient (Wildman–Crippen LogP) is 5.50. The Morgan fingerprint density at radius 2 is 1.57 bits per heavy atom. The molecule has 0 spiro atoms. The number of benzene rings is 1. The Kier molecular flexibility index (Phi) is 10.3. The first kappa shape index (κ1) is 32.8. The van der Waals surface area contributed by atoms with Gasteiger partial charge < -0.3 is 26.0 Å². The SMILES string of the molecule is C[C@]12C[C@H](CCCc3cc(OCCCC(N)=O)cc(OCCCC(N)=O)c3)[C@H]3[C@@H](CCC4CC(=O)CC[C@@]43C)[C@@H]1CC[C@@H]2O. The molecule has 4 saturated carbocycles. The first-order valence-corrected chi connectivity index (χ1v) is 17.2. The number of aliphatic hydroxyl groups excluding tert-OH is 1. The summed E-state index contributed by atoms with van der Waals surface area (Å²) in [6, 6.07) is 5.99. The highest BCUT2D eigenvalue weighted by Crippen LogP contribution is 2.68. The van der Waals surface area contributed by atoms with Crippen molar-refractivity contribution in [3.05, 3.63) is 23.8 Å². The first-order chi connectivity index (χ1) is 21.0. The van der Waals surface area contributed by atoms with E-state index in [2.05, 4.69) is 26.0 Å². The van der Waals surface area contributed by atoms with E-state index in [0.29, 0.717) is 72.9 Å². The number of aliphatic hydroxyl groups is 1. The monoisotopic (exact) mass is 610 g/mol. The zero-order valence-electron chi connectivity index (χ0n) is 26.9. The fourth-order valence-electron chi connectivity index (χ4n) is 10.1. The number of hydrogen-bond donors (Lipinski definition) is 3. The molecule has 1 aromatic carbocycles. The highest BCUT2D eigenvalue weighted by atomic mass is 16.5. The lowest BCUT2D eigenvalue weighted by atomic mass is 9.42. The van der Waals surface area contributed by atoms with Crippen LogP contribution in [0.25, 0.3) is 0 Å². The van der Waals surface area contributed by atoms with Gasteiger partial charge in [-0.25, -0.2) is 0 Å². The first-order valence-electron chi connectivity index (χ1n) is 17.2. The number of ketones is 1. The van der Waals surface area contributed by atoms with Gasteiger partial charge in [0.05, 0.1) is 19.3 Å². The number of hydrogen-bond acceptors (Lipinski definition) is 6. The molecule has 5 rings (SSSR count). The molecule has 5 N–H and O–H groups in total. The van der Waals surface area contributed by atoms with E-state index < -0.39 is 0 Å². The third-order valence-corrected chi connectivity index (χ3v) is 12.2. The van der Waals surface area contributed by atoms with Crippen LogP contribution in [0.3, 0.4) is 0 Å². The van der Waals surface area contributed by atoms with Crippen LogP contribution in [0.15, 0.2) is 18.2 Å². The number of carbonyl (C=O) groups excluding carboxylic acids is 3. The molecule has 0 heterocycles. The van der Waals surface area contributed by atoms with E-state index in [-0.39, 0.29) is 41.6 Å². The Morgan fingerprint density at radius 1 is 0.909 bits per heavy atom. The minimum absolute atomic E-state index is 0.00982. The normalized spacial score (nSPS) is 34.5. The van der Waals surface area contributed by atoms with Gasteiger partial charge in [0.25, 0.3) is 0 Å². The van der Waals surface area contributed by atoms with Gasteiger partial charge in [0.2, 0.25) is 11.8 Å². The molecule has 4 aliphatic rings. The molecule has 0 radical (unpaired) electrons.